The molecule has 1 atom stereocenters. The Kier molecular flexibility index (Phi) is 5.84. The van der Waals surface area contributed by atoms with Crippen molar-refractivity contribution in [3.8, 4) is 11.5 Å². The van der Waals surface area contributed by atoms with Crippen LogP contribution < -0.4 is 14.8 Å². The largest absolute Gasteiger partial charge is 0.493 e. The molecular weight excluding hydrogens is 401 g/mol. The van der Waals surface area contributed by atoms with E-state index in [0.29, 0.717) is 54.8 Å². The Labute approximate surface area is 172 Å². The van der Waals surface area contributed by atoms with Gasteiger partial charge in [0.1, 0.15) is 12.1 Å². The van der Waals surface area contributed by atoms with E-state index in [1.165, 1.54) is 12.4 Å². The van der Waals surface area contributed by atoms with Gasteiger partial charge in [0.25, 0.3) is 0 Å². The van der Waals surface area contributed by atoms with E-state index in [4.69, 9.17) is 30.5 Å². The molecule has 1 saturated heterocycles. The van der Waals surface area contributed by atoms with Gasteiger partial charge in [-0.25, -0.2) is 14.4 Å². The quantitative estimate of drug-likeness (QED) is 0.678. The number of anilines is 1. The molecule has 1 aliphatic heterocycles. The third-order valence-corrected chi connectivity index (χ3v) is 4.87. The van der Waals surface area contributed by atoms with Gasteiger partial charge in [-0.2, -0.15) is 0 Å². The Balaban J connectivity index is 1.53. The molecule has 1 fully saturated rings. The molecule has 1 aromatic heterocycles. The molecule has 0 amide bonds. The highest BCUT2D eigenvalue weighted by Gasteiger charge is 2.24. The number of nitrogens with one attached hydrogen (secondary N) is 1. The molecule has 29 heavy (non-hydrogen) atoms. The van der Waals surface area contributed by atoms with Crippen molar-refractivity contribution in [2.45, 2.75) is 24.3 Å². The zero-order valence-electron chi connectivity index (χ0n) is 15.9. The van der Waals surface area contributed by atoms with Crippen LogP contribution in [0.25, 0.3) is 10.9 Å². The average molecular weight is 422 g/mol. The number of methoxy groups -OCH3 is 1. The van der Waals surface area contributed by atoms with Crippen LogP contribution in [0, 0.1) is 0 Å². The first kappa shape index (κ1) is 19.9. The molecule has 1 N–H and O–H groups in total. The maximum atomic E-state index is 13.7. The van der Waals surface area contributed by atoms with Crippen LogP contribution in [0.2, 0.25) is 0 Å². The van der Waals surface area contributed by atoms with Crippen molar-refractivity contribution in [1.29, 1.82) is 0 Å². The van der Waals surface area contributed by atoms with Crippen molar-refractivity contribution >= 4 is 28.3 Å². The molecular formula is C20H21ClFN3O4. The van der Waals surface area contributed by atoms with E-state index < -0.39 is 5.13 Å². The molecule has 1 unspecified atom stereocenters. The second-order valence-corrected chi connectivity index (χ2v) is 7.26. The van der Waals surface area contributed by atoms with Gasteiger partial charge >= 0.3 is 0 Å². The third kappa shape index (κ3) is 4.77. The molecule has 7 nitrogen and oxygen atoms in total. The maximum Gasteiger partial charge on any atom is 0.205 e. The predicted octanol–water partition coefficient (Wildman–Crippen LogP) is 3.94. The van der Waals surface area contributed by atoms with Crippen LogP contribution in [0.1, 0.15) is 12.8 Å². The number of fused-ring (bicyclic) bond motifs is 1. The number of allylic oxidation sites excluding steroid dienone is 3. The number of ether oxygens (including phenoxy) is 4. The van der Waals surface area contributed by atoms with E-state index in [1.807, 2.05) is 6.07 Å². The summed E-state index contributed by atoms with van der Waals surface area (Å²) in [6.07, 6.45) is 6.50. The summed E-state index contributed by atoms with van der Waals surface area (Å²) in [5, 5.41) is 2.08. The Bertz CT molecular complexity index is 945. The molecule has 4 rings (SSSR count). The van der Waals surface area contributed by atoms with Gasteiger partial charge in [-0.1, -0.05) is 17.7 Å². The zero-order valence-corrected chi connectivity index (χ0v) is 16.6. The minimum atomic E-state index is -1.84. The van der Waals surface area contributed by atoms with E-state index in [0.717, 1.165) is 5.39 Å². The summed E-state index contributed by atoms with van der Waals surface area (Å²) in [5.74, 6) is 1.70. The van der Waals surface area contributed by atoms with Gasteiger partial charge in [0.05, 0.1) is 32.4 Å². The highest BCUT2D eigenvalue weighted by molar-refractivity contribution is 6.24. The fourth-order valence-electron chi connectivity index (χ4n) is 3.10. The van der Waals surface area contributed by atoms with Gasteiger partial charge in [-0.3, -0.25) is 0 Å². The minimum Gasteiger partial charge on any atom is -0.493 e. The first-order valence-corrected chi connectivity index (χ1v) is 9.65. The maximum absolute atomic E-state index is 13.7. The van der Waals surface area contributed by atoms with E-state index in [2.05, 4.69) is 15.3 Å². The Morgan fingerprint density at radius 1 is 1.28 bits per heavy atom. The van der Waals surface area contributed by atoms with Crippen LogP contribution in [0.4, 0.5) is 10.2 Å². The average Bonchev–Trinajstić information content (AvgIpc) is 3.23. The number of hydrogen-bond donors (Lipinski definition) is 1. The summed E-state index contributed by atoms with van der Waals surface area (Å²) in [7, 11) is 1.57. The summed E-state index contributed by atoms with van der Waals surface area (Å²) in [6.45, 7) is 1.64. The van der Waals surface area contributed by atoms with Crippen molar-refractivity contribution < 1.29 is 23.3 Å². The number of rotatable bonds is 7. The van der Waals surface area contributed by atoms with Gasteiger partial charge in [0.2, 0.25) is 5.13 Å². The minimum absolute atomic E-state index is 0.0755. The van der Waals surface area contributed by atoms with Crippen LogP contribution >= 0.6 is 11.6 Å². The lowest BCUT2D eigenvalue weighted by Gasteiger charge is -2.18. The Morgan fingerprint density at radius 2 is 2.10 bits per heavy atom. The molecule has 154 valence electrons. The molecule has 2 aromatic rings. The van der Waals surface area contributed by atoms with Crippen LogP contribution in [0.5, 0.6) is 11.5 Å². The number of benzene rings is 1. The first-order valence-electron chi connectivity index (χ1n) is 9.27. The standard InChI is InChI=1S/C20H21ClFN3O4/c1-26-16-10-14-15(11-17(16)27-7-4-18-28-8-9-29-18)23-12-24-19(14)25-13-2-5-20(21,22)6-3-13/h2-3,5,10-12,18H,4,6-9H2,1H3,(H,23,24,25). The van der Waals surface area contributed by atoms with Crippen LogP contribution in [0.3, 0.4) is 0 Å². The monoisotopic (exact) mass is 421 g/mol. The SMILES string of the molecule is COc1cc2c(NC3=CCC(F)(Cl)C=C3)ncnc2cc1OCCC1OCCO1. The fourth-order valence-corrected chi connectivity index (χ4v) is 3.24. The number of hydrogen-bond acceptors (Lipinski definition) is 7. The van der Waals surface area contributed by atoms with Gasteiger partial charge < -0.3 is 24.3 Å². The molecule has 2 heterocycles. The van der Waals surface area contributed by atoms with E-state index in [-0.39, 0.29) is 12.7 Å². The summed E-state index contributed by atoms with van der Waals surface area (Å²) in [4.78, 5) is 8.63. The lowest BCUT2D eigenvalue weighted by atomic mass is 10.1. The lowest BCUT2D eigenvalue weighted by Crippen LogP contribution is -2.14. The predicted molar refractivity (Wildman–Crippen MR) is 107 cm³/mol. The van der Waals surface area contributed by atoms with Crippen molar-refractivity contribution in [3.05, 3.63) is 42.4 Å². The van der Waals surface area contributed by atoms with Crippen LogP contribution in [-0.4, -0.2) is 48.3 Å². The van der Waals surface area contributed by atoms with Gasteiger partial charge in [0, 0.05) is 30.0 Å². The van der Waals surface area contributed by atoms with Crippen LogP contribution in [0.15, 0.2) is 42.4 Å². The van der Waals surface area contributed by atoms with Crippen molar-refractivity contribution in [1.82, 2.24) is 9.97 Å². The number of alkyl halides is 2. The van der Waals surface area contributed by atoms with Gasteiger partial charge in [-0.05, 0) is 18.2 Å². The lowest BCUT2D eigenvalue weighted by molar-refractivity contribution is -0.0532. The summed E-state index contributed by atoms with van der Waals surface area (Å²) < 4.78 is 35.9. The smallest absolute Gasteiger partial charge is 0.205 e. The van der Waals surface area contributed by atoms with Crippen molar-refractivity contribution in [2.24, 2.45) is 0 Å². The van der Waals surface area contributed by atoms with Gasteiger partial charge in [-0.15, -0.1) is 0 Å². The molecule has 0 spiro atoms. The molecule has 0 bridgehead atoms. The molecule has 2 aliphatic rings. The van der Waals surface area contributed by atoms with E-state index in [1.54, 1.807) is 25.3 Å². The van der Waals surface area contributed by atoms with E-state index in [9.17, 15) is 4.39 Å². The molecule has 0 radical (unpaired) electrons. The number of nitrogens with zero attached hydrogens (tertiary/aromatic N) is 2. The topological polar surface area (TPSA) is 74.7 Å². The summed E-state index contributed by atoms with van der Waals surface area (Å²) in [5.41, 5.74) is 1.39. The number of halogens is 2. The fraction of sp³-hybridized carbons (Fsp3) is 0.400. The second kappa shape index (κ2) is 8.52. The second-order valence-electron chi connectivity index (χ2n) is 6.63. The zero-order chi connectivity index (χ0) is 20.3. The van der Waals surface area contributed by atoms with Crippen molar-refractivity contribution in [2.75, 3.05) is 32.2 Å². The van der Waals surface area contributed by atoms with Gasteiger partial charge in [0.15, 0.2) is 17.8 Å². The molecule has 9 heteroatoms. The van der Waals surface area contributed by atoms with Crippen molar-refractivity contribution in [3.63, 3.8) is 0 Å². The highest BCUT2D eigenvalue weighted by atomic mass is 35.5. The Morgan fingerprint density at radius 3 is 2.83 bits per heavy atom. The summed E-state index contributed by atoms with van der Waals surface area (Å²) >= 11 is 5.68. The first-order chi connectivity index (χ1) is 14.0. The normalized spacial score (nSPS) is 22.0. The number of aromatic nitrogens is 2. The third-order valence-electron chi connectivity index (χ3n) is 4.59. The molecule has 0 saturated carbocycles. The van der Waals surface area contributed by atoms with E-state index >= 15 is 0 Å². The van der Waals surface area contributed by atoms with Crippen LogP contribution in [-0.2, 0) is 9.47 Å². The highest BCUT2D eigenvalue weighted by Crippen LogP contribution is 2.35. The summed E-state index contributed by atoms with van der Waals surface area (Å²) in [6, 6.07) is 3.61. The molecule has 1 aliphatic carbocycles. The Hall–Kier alpha value is -2.42. The molecule has 1 aromatic carbocycles.